The number of fused-ring (bicyclic) bond motifs is 2. The van der Waals surface area contributed by atoms with E-state index in [2.05, 4.69) is 5.32 Å². The Morgan fingerprint density at radius 2 is 1.93 bits per heavy atom. The number of urea groups is 1. The molecule has 30 heavy (non-hydrogen) atoms. The maximum atomic E-state index is 13.7. The highest BCUT2D eigenvalue weighted by Crippen LogP contribution is 2.30. The van der Waals surface area contributed by atoms with Gasteiger partial charge in [0.15, 0.2) is 5.43 Å². The summed E-state index contributed by atoms with van der Waals surface area (Å²) in [4.78, 5) is 27.4. The Labute approximate surface area is 172 Å². The van der Waals surface area contributed by atoms with Crippen molar-refractivity contribution in [3.8, 4) is 11.5 Å². The van der Waals surface area contributed by atoms with Gasteiger partial charge < -0.3 is 24.3 Å². The van der Waals surface area contributed by atoms with Gasteiger partial charge in [0.2, 0.25) is 0 Å². The summed E-state index contributed by atoms with van der Waals surface area (Å²) in [7, 11) is 4.92. The Kier molecular flexibility index (Phi) is 5.07. The number of anilines is 1. The number of aryl methyl sites for hydroxylation is 1. The smallest absolute Gasteiger partial charge is 0.322 e. The van der Waals surface area contributed by atoms with Crippen LogP contribution in [0.5, 0.6) is 11.5 Å². The molecule has 1 aliphatic heterocycles. The molecule has 0 saturated carbocycles. The first-order valence-corrected chi connectivity index (χ1v) is 9.51. The molecular formula is C22H22FN3O4. The van der Waals surface area contributed by atoms with Crippen LogP contribution < -0.4 is 20.2 Å². The molecule has 0 bridgehead atoms. The number of carbonyl (C=O) groups excluding carboxylic acids is 1. The topological polar surface area (TPSA) is 72.8 Å². The molecule has 0 spiro atoms. The molecule has 0 atom stereocenters. The number of hydrogen-bond donors (Lipinski definition) is 1. The molecule has 0 saturated heterocycles. The van der Waals surface area contributed by atoms with Crippen molar-refractivity contribution in [1.29, 1.82) is 0 Å². The van der Waals surface area contributed by atoms with Crippen LogP contribution in [-0.4, -0.2) is 36.3 Å². The maximum Gasteiger partial charge on any atom is 0.322 e. The first-order chi connectivity index (χ1) is 14.4. The number of pyridine rings is 1. The molecule has 156 valence electrons. The molecule has 0 radical (unpaired) electrons. The van der Waals surface area contributed by atoms with Crippen molar-refractivity contribution in [3.63, 3.8) is 0 Å². The summed E-state index contributed by atoms with van der Waals surface area (Å²) >= 11 is 0. The maximum absolute atomic E-state index is 13.7. The van der Waals surface area contributed by atoms with E-state index in [1.165, 1.54) is 19.2 Å². The van der Waals surface area contributed by atoms with E-state index in [0.29, 0.717) is 46.6 Å². The van der Waals surface area contributed by atoms with E-state index in [9.17, 15) is 14.0 Å². The van der Waals surface area contributed by atoms with E-state index >= 15 is 0 Å². The van der Waals surface area contributed by atoms with Crippen molar-refractivity contribution < 1.29 is 18.7 Å². The average Bonchev–Trinajstić information content (AvgIpc) is 2.77. The lowest BCUT2D eigenvalue weighted by Gasteiger charge is -2.30. The van der Waals surface area contributed by atoms with Crippen molar-refractivity contribution in [2.45, 2.75) is 13.0 Å². The van der Waals surface area contributed by atoms with Crippen LogP contribution in [0.15, 0.2) is 41.2 Å². The largest absolute Gasteiger partial charge is 0.497 e. The first kappa shape index (κ1) is 19.8. The van der Waals surface area contributed by atoms with Gasteiger partial charge in [-0.05, 0) is 30.3 Å². The average molecular weight is 411 g/mol. The minimum atomic E-state index is -0.462. The van der Waals surface area contributed by atoms with Crippen molar-refractivity contribution in [2.75, 3.05) is 26.1 Å². The molecule has 3 aromatic rings. The van der Waals surface area contributed by atoms with Crippen LogP contribution in [0.1, 0.15) is 11.3 Å². The number of rotatable bonds is 3. The highest BCUT2D eigenvalue weighted by atomic mass is 19.1. The van der Waals surface area contributed by atoms with E-state index in [-0.39, 0.29) is 18.0 Å². The predicted molar refractivity (Wildman–Crippen MR) is 112 cm³/mol. The van der Waals surface area contributed by atoms with Crippen LogP contribution in [0.2, 0.25) is 0 Å². The lowest BCUT2D eigenvalue weighted by atomic mass is 10.0. The van der Waals surface area contributed by atoms with Gasteiger partial charge >= 0.3 is 6.03 Å². The third kappa shape index (κ3) is 3.34. The Hall–Kier alpha value is -3.55. The van der Waals surface area contributed by atoms with Gasteiger partial charge in [-0.15, -0.1) is 0 Å². The van der Waals surface area contributed by atoms with Crippen molar-refractivity contribution in [2.24, 2.45) is 7.05 Å². The number of aromatic nitrogens is 1. The highest BCUT2D eigenvalue weighted by molar-refractivity contribution is 5.91. The SMILES string of the molecule is COc1ccc(NC(=O)N2CCc3c(c(=O)c4cc(F)ccc4n3C)C2)c(OC)c1. The Balaban J connectivity index is 1.64. The number of benzene rings is 2. The second kappa shape index (κ2) is 7.70. The first-order valence-electron chi connectivity index (χ1n) is 9.51. The lowest BCUT2D eigenvalue weighted by molar-refractivity contribution is 0.205. The summed E-state index contributed by atoms with van der Waals surface area (Å²) in [5.74, 6) is 0.619. The fourth-order valence-electron chi connectivity index (χ4n) is 3.89. The van der Waals surface area contributed by atoms with Crippen molar-refractivity contribution >= 4 is 22.6 Å². The molecule has 7 nitrogen and oxygen atoms in total. The molecule has 2 amide bonds. The van der Waals surface area contributed by atoms with Crippen LogP contribution in [0.25, 0.3) is 10.9 Å². The molecule has 0 aliphatic carbocycles. The summed E-state index contributed by atoms with van der Waals surface area (Å²) in [6, 6.07) is 8.96. The quantitative estimate of drug-likeness (QED) is 0.718. The van der Waals surface area contributed by atoms with Gasteiger partial charge in [-0.1, -0.05) is 0 Å². The molecule has 4 rings (SSSR count). The minimum absolute atomic E-state index is 0.152. The van der Waals surface area contributed by atoms with Crippen LogP contribution in [0.4, 0.5) is 14.9 Å². The molecular weight excluding hydrogens is 389 g/mol. The Morgan fingerprint density at radius 1 is 1.13 bits per heavy atom. The number of nitrogens with one attached hydrogen (secondary N) is 1. The monoisotopic (exact) mass is 411 g/mol. The van der Waals surface area contributed by atoms with Crippen molar-refractivity contribution in [1.82, 2.24) is 9.47 Å². The lowest BCUT2D eigenvalue weighted by Crippen LogP contribution is -2.42. The van der Waals surface area contributed by atoms with Gasteiger partial charge in [0, 0.05) is 42.7 Å². The van der Waals surface area contributed by atoms with Crippen molar-refractivity contribution in [3.05, 3.63) is 63.7 Å². The number of amides is 2. The molecule has 2 aromatic carbocycles. The van der Waals surface area contributed by atoms with Gasteiger partial charge in [0.25, 0.3) is 0 Å². The number of halogens is 1. The second-order valence-electron chi connectivity index (χ2n) is 7.14. The molecule has 0 unspecified atom stereocenters. The summed E-state index contributed by atoms with van der Waals surface area (Å²) in [6.45, 7) is 0.607. The van der Waals surface area contributed by atoms with E-state index in [4.69, 9.17) is 9.47 Å². The summed E-state index contributed by atoms with van der Waals surface area (Å²) in [5.41, 5.74) is 2.32. The number of ether oxygens (including phenoxy) is 2. The molecule has 8 heteroatoms. The van der Waals surface area contributed by atoms with Gasteiger partial charge in [-0.2, -0.15) is 0 Å². The van der Waals surface area contributed by atoms with Gasteiger partial charge in [-0.3, -0.25) is 4.79 Å². The predicted octanol–water partition coefficient (Wildman–Crippen LogP) is 3.29. The fraction of sp³-hybridized carbons (Fsp3) is 0.273. The molecule has 1 N–H and O–H groups in total. The second-order valence-corrected chi connectivity index (χ2v) is 7.14. The Bertz CT molecular complexity index is 1210. The molecule has 0 fully saturated rings. The number of methoxy groups -OCH3 is 2. The Morgan fingerprint density at radius 3 is 2.67 bits per heavy atom. The number of carbonyl (C=O) groups is 1. The standard InChI is InChI=1S/C22H22FN3O4/c1-25-18-7-4-13(23)10-15(18)21(27)16-12-26(9-8-19(16)25)22(28)24-17-6-5-14(29-2)11-20(17)30-3/h4-7,10-11H,8-9,12H2,1-3H3,(H,24,28). The zero-order valence-electron chi connectivity index (χ0n) is 17.0. The normalized spacial score (nSPS) is 13.1. The third-order valence-electron chi connectivity index (χ3n) is 5.50. The number of nitrogens with zero attached hydrogens (tertiary/aromatic N) is 2. The summed E-state index contributed by atoms with van der Waals surface area (Å²) in [6.07, 6.45) is 0.529. The van der Waals surface area contributed by atoms with Gasteiger partial charge in [0.1, 0.15) is 17.3 Å². The van der Waals surface area contributed by atoms with E-state index in [1.54, 1.807) is 36.3 Å². The van der Waals surface area contributed by atoms with Crippen LogP contribution >= 0.6 is 0 Å². The summed E-state index contributed by atoms with van der Waals surface area (Å²) < 4.78 is 26.1. The number of hydrogen-bond acceptors (Lipinski definition) is 4. The van der Waals surface area contributed by atoms with Gasteiger partial charge in [0.05, 0.1) is 32.0 Å². The molecule has 2 heterocycles. The molecule has 1 aliphatic rings. The van der Waals surface area contributed by atoms with Crippen LogP contribution in [-0.2, 0) is 20.0 Å². The van der Waals surface area contributed by atoms with Crippen LogP contribution in [0.3, 0.4) is 0 Å². The van der Waals surface area contributed by atoms with E-state index < -0.39 is 5.82 Å². The highest BCUT2D eigenvalue weighted by Gasteiger charge is 2.26. The van der Waals surface area contributed by atoms with E-state index in [0.717, 1.165) is 5.69 Å². The molecule has 1 aromatic heterocycles. The zero-order valence-corrected chi connectivity index (χ0v) is 17.0. The van der Waals surface area contributed by atoms with E-state index in [1.807, 2.05) is 11.6 Å². The van der Waals surface area contributed by atoms with Gasteiger partial charge in [-0.25, -0.2) is 9.18 Å². The fourth-order valence-corrected chi connectivity index (χ4v) is 3.89. The zero-order chi connectivity index (χ0) is 21.4. The van der Waals surface area contributed by atoms with Crippen LogP contribution in [0, 0.1) is 5.82 Å². The summed E-state index contributed by atoms with van der Waals surface area (Å²) in [5, 5.41) is 3.15. The third-order valence-corrected chi connectivity index (χ3v) is 5.50. The minimum Gasteiger partial charge on any atom is -0.497 e.